The van der Waals surface area contributed by atoms with Crippen molar-refractivity contribution >= 4 is 35.4 Å². The molecular formula is C47H64N4O12. The molecule has 1 aromatic carbocycles. The van der Waals surface area contributed by atoms with Crippen molar-refractivity contribution in [3.05, 3.63) is 69.7 Å². The van der Waals surface area contributed by atoms with Crippen molar-refractivity contribution < 1.29 is 57.9 Å². The zero-order valence-electron chi connectivity index (χ0n) is 38.4. The van der Waals surface area contributed by atoms with Crippen molar-refractivity contribution in [2.75, 3.05) is 53.0 Å². The van der Waals surface area contributed by atoms with E-state index < -0.39 is 81.8 Å². The van der Waals surface area contributed by atoms with Gasteiger partial charge in [0.25, 0.3) is 11.7 Å². The summed E-state index contributed by atoms with van der Waals surface area (Å²) >= 11 is 0. The van der Waals surface area contributed by atoms with Gasteiger partial charge in [-0.2, -0.15) is 5.10 Å². The van der Waals surface area contributed by atoms with Crippen molar-refractivity contribution in [3.8, 4) is 11.5 Å². The number of nitrogens with zero attached hydrogens (tertiary/aromatic N) is 3. The predicted molar refractivity (Wildman–Crippen MR) is 234 cm³/mol. The van der Waals surface area contributed by atoms with E-state index in [0.29, 0.717) is 39.4 Å². The van der Waals surface area contributed by atoms with Crippen LogP contribution in [-0.4, -0.2) is 133 Å². The molecule has 0 unspecified atom stereocenters. The molecule has 9 atom stereocenters. The Balaban J connectivity index is 1.62. The first kappa shape index (κ1) is 48.9. The maximum absolute atomic E-state index is 14.8. The Morgan fingerprint density at radius 1 is 0.968 bits per heavy atom. The Morgan fingerprint density at radius 2 is 1.65 bits per heavy atom. The van der Waals surface area contributed by atoms with Crippen molar-refractivity contribution in [3.63, 3.8) is 0 Å². The van der Waals surface area contributed by atoms with E-state index in [1.165, 1.54) is 53.4 Å². The number of allylic oxidation sites excluding steroid dienone is 4. The van der Waals surface area contributed by atoms with E-state index in [1.807, 2.05) is 41.5 Å². The number of aliphatic hydroxyl groups excluding tert-OH is 1. The van der Waals surface area contributed by atoms with E-state index in [2.05, 4.69) is 15.3 Å². The lowest BCUT2D eigenvalue weighted by atomic mass is 9.73. The number of amides is 1. The summed E-state index contributed by atoms with van der Waals surface area (Å²) in [6.45, 7) is 21.5. The first-order valence-electron chi connectivity index (χ1n) is 21.7. The number of rotatable bonds is 8. The van der Waals surface area contributed by atoms with Crippen LogP contribution in [0.4, 0.5) is 0 Å². The van der Waals surface area contributed by atoms with Gasteiger partial charge in [0.05, 0.1) is 53.6 Å². The fraction of sp³-hybridized carbons (Fsp3) is 0.574. The molecule has 5 bridgehead atoms. The van der Waals surface area contributed by atoms with Gasteiger partial charge in [-0.05, 0) is 44.6 Å². The number of hydrogen-bond acceptors (Lipinski definition) is 15. The van der Waals surface area contributed by atoms with Gasteiger partial charge in [-0.1, -0.05) is 52.8 Å². The second kappa shape index (κ2) is 20.6. The van der Waals surface area contributed by atoms with Crippen molar-refractivity contribution in [2.45, 2.75) is 93.3 Å². The first-order chi connectivity index (χ1) is 29.8. The van der Waals surface area contributed by atoms with Gasteiger partial charge in [0.1, 0.15) is 23.3 Å². The maximum Gasteiger partial charge on any atom is 0.312 e. The first-order valence-corrected chi connectivity index (χ1v) is 21.7. The molecule has 3 N–H and O–H groups in total. The molecule has 6 rings (SSSR count). The quantitative estimate of drug-likeness (QED) is 0.181. The Kier molecular flexibility index (Phi) is 15.9. The van der Waals surface area contributed by atoms with E-state index in [4.69, 9.17) is 23.7 Å². The highest BCUT2D eigenvalue weighted by Gasteiger charge is 2.52. The van der Waals surface area contributed by atoms with Crippen LogP contribution in [0.2, 0.25) is 0 Å². The van der Waals surface area contributed by atoms with Gasteiger partial charge in [-0.15, -0.1) is 0 Å². The molecule has 1 amide bonds. The van der Waals surface area contributed by atoms with E-state index >= 15 is 0 Å². The van der Waals surface area contributed by atoms with Crippen LogP contribution in [0.5, 0.6) is 11.5 Å². The summed E-state index contributed by atoms with van der Waals surface area (Å²) in [5.74, 6) is -8.05. The number of hydrazone groups is 1. The summed E-state index contributed by atoms with van der Waals surface area (Å²) in [7, 11) is 1.49. The van der Waals surface area contributed by atoms with Crippen LogP contribution in [0, 0.1) is 36.5 Å². The van der Waals surface area contributed by atoms with Gasteiger partial charge in [-0.25, -0.2) is 0 Å². The molecule has 1 saturated heterocycles. The highest BCUT2D eigenvalue weighted by molar-refractivity contribution is 6.37. The number of phenols is 1. The number of nitrogens with one attached hydrogen (secondary N) is 1. The van der Waals surface area contributed by atoms with Crippen molar-refractivity contribution in [2.24, 2.45) is 34.7 Å². The molecule has 0 aromatic heterocycles. The second-order valence-electron chi connectivity index (χ2n) is 17.2. The summed E-state index contributed by atoms with van der Waals surface area (Å²) in [4.78, 5) is 72.3. The molecule has 4 heterocycles. The molecule has 0 radical (unpaired) electrons. The smallest absolute Gasteiger partial charge is 0.312 e. The van der Waals surface area contributed by atoms with Gasteiger partial charge >= 0.3 is 11.8 Å². The molecule has 1 fully saturated rings. The number of benzene rings is 1. The van der Waals surface area contributed by atoms with E-state index in [0.717, 1.165) is 6.54 Å². The Bertz CT molecular complexity index is 2100. The number of hydrogen-bond donors (Lipinski definition) is 3. The lowest BCUT2D eigenvalue weighted by Gasteiger charge is -2.39. The summed E-state index contributed by atoms with van der Waals surface area (Å²) in [6, 6.07) is 0. The highest BCUT2D eigenvalue weighted by atomic mass is 16.7. The largest absolute Gasteiger partial charge is 0.507 e. The minimum atomic E-state index is -2.06. The third-order valence-electron chi connectivity index (χ3n) is 13.0. The van der Waals surface area contributed by atoms with Crippen molar-refractivity contribution in [1.82, 2.24) is 15.2 Å². The molecule has 0 saturated carbocycles. The zero-order chi connectivity index (χ0) is 46.5. The van der Waals surface area contributed by atoms with Crippen LogP contribution >= 0.6 is 0 Å². The molecule has 344 valence electrons. The summed E-state index contributed by atoms with van der Waals surface area (Å²) < 4.78 is 29.4. The fourth-order valence-electron chi connectivity index (χ4n) is 8.61. The maximum atomic E-state index is 14.8. The third-order valence-corrected chi connectivity index (χ3v) is 13.0. The molecule has 5 aliphatic rings. The zero-order valence-corrected chi connectivity index (χ0v) is 38.4. The molecule has 63 heavy (non-hydrogen) atoms. The standard InChI is InChI=1S/C47H64N4O12/c1-12-60-23-21-50-17-19-51(20-18-50)48-24-33-38-42(56)36-35(41(33)55)37-44(31(8)40(36)54)63-47(10,45(37)57)61-22-16-34(59-11)30(7)43(62-32(9)52)29(6)27(4)28(5)39(53)25(2)14-13-15-26(3)46(58)49-38/h13-16,22,24-25,27-30,34,39,43,53-54H,12,17-21,23H2,1-11H3,(H,49,58)/b14-13+,22-16+,26-15-,48-24+/t25-,27+,28-,29+,30+,34-,39-,43-,47-/m0/s1. The van der Waals surface area contributed by atoms with Crippen molar-refractivity contribution in [1.29, 1.82) is 0 Å². The second-order valence-corrected chi connectivity index (χ2v) is 17.2. The lowest BCUT2D eigenvalue weighted by molar-refractivity contribution is -0.157. The van der Waals surface area contributed by atoms with Gasteiger partial charge in [0, 0.05) is 83.3 Å². The number of carbonyl (C=O) groups is 5. The normalized spacial score (nSPS) is 31.9. The van der Waals surface area contributed by atoms with Crippen LogP contribution < -0.4 is 10.1 Å². The highest BCUT2D eigenvalue weighted by Crippen LogP contribution is 2.48. The predicted octanol–water partition coefficient (Wildman–Crippen LogP) is 4.92. The van der Waals surface area contributed by atoms with E-state index in [-0.39, 0.29) is 51.7 Å². The Labute approximate surface area is 370 Å². The SMILES string of the molecule is CCOCCN1CCN(/N=C/C2=C3NC(=O)/C(C)=C\C=C\[C@H](C)[C@H](O)[C@@H](C)[C@@H](C)[C@@H](C)[C@H](OC(C)=O)[C@H](C)[C@@H](OC)/C=C/O[C@@]4(C)Oc5c(C)c(O)c(c(c5C4=O)C2=O)C3=O)CC1. The molecule has 16 nitrogen and oxygen atoms in total. The minimum Gasteiger partial charge on any atom is -0.507 e. The topological polar surface area (TPSA) is 203 Å². The molecule has 4 aliphatic heterocycles. The number of aromatic hydroxyl groups is 1. The number of aliphatic hydroxyl groups is 1. The van der Waals surface area contributed by atoms with Crippen LogP contribution in [0.1, 0.15) is 99.0 Å². The Morgan fingerprint density at radius 3 is 2.29 bits per heavy atom. The van der Waals surface area contributed by atoms with Gasteiger partial charge in [0.15, 0.2) is 5.78 Å². The molecule has 1 aliphatic carbocycles. The number of phenolic OH excluding ortho intramolecular Hbond substituents is 1. The minimum absolute atomic E-state index is 0.00699. The number of carbonyl (C=O) groups excluding carboxylic acids is 5. The number of esters is 1. The summed E-state index contributed by atoms with van der Waals surface area (Å²) in [5, 5.41) is 32.0. The van der Waals surface area contributed by atoms with Gasteiger partial charge in [0.2, 0.25) is 5.78 Å². The number of methoxy groups -OCH3 is 1. The number of fused-ring (bicyclic) bond motifs is 14. The monoisotopic (exact) mass is 876 g/mol. The Hall–Kier alpha value is -5.16. The number of Topliss-reactive ketones (excluding diaryl/α,β-unsaturated/α-hetero) is 3. The number of ketones is 3. The van der Waals surface area contributed by atoms with Crippen LogP contribution in [0.15, 0.2) is 52.5 Å². The third kappa shape index (κ3) is 10.3. The van der Waals surface area contributed by atoms with Gasteiger partial charge < -0.3 is 39.2 Å². The molecule has 1 aromatic rings. The van der Waals surface area contributed by atoms with Crippen LogP contribution in [0.3, 0.4) is 0 Å². The summed E-state index contributed by atoms with van der Waals surface area (Å²) in [5.41, 5.74) is -1.67. The number of ether oxygens (including phenoxy) is 5. The molecular weight excluding hydrogens is 813 g/mol. The van der Waals surface area contributed by atoms with E-state index in [1.54, 1.807) is 23.2 Å². The summed E-state index contributed by atoms with van der Waals surface area (Å²) in [6.07, 6.45) is 6.73. The average Bonchev–Trinajstić information content (AvgIpc) is 3.52. The van der Waals surface area contributed by atoms with Gasteiger partial charge in [-0.3, -0.25) is 33.9 Å². The lowest BCUT2D eigenvalue weighted by Crippen LogP contribution is -2.45. The molecule has 16 heteroatoms. The molecule has 0 spiro atoms. The average molecular weight is 877 g/mol. The van der Waals surface area contributed by atoms with Crippen LogP contribution in [-0.2, 0) is 28.5 Å². The van der Waals surface area contributed by atoms with E-state index in [9.17, 15) is 34.2 Å². The van der Waals surface area contributed by atoms with Crippen LogP contribution in [0.25, 0.3) is 0 Å². The number of piperazine rings is 1. The fourth-order valence-corrected chi connectivity index (χ4v) is 8.61.